The minimum Gasteiger partial charge on any atom is -0.494 e. The van der Waals surface area contributed by atoms with Gasteiger partial charge in [0.05, 0.1) is 6.61 Å². The van der Waals surface area contributed by atoms with Crippen molar-refractivity contribution in [2.24, 2.45) is 0 Å². The Morgan fingerprint density at radius 2 is 2.00 bits per heavy atom. The van der Waals surface area contributed by atoms with Crippen LogP contribution in [0.1, 0.15) is 19.8 Å². The summed E-state index contributed by atoms with van der Waals surface area (Å²) in [4.78, 5) is 24.0. The Bertz CT molecular complexity index is 450. The molecule has 0 aliphatic carbocycles. The molecule has 0 aliphatic heterocycles. The largest absolute Gasteiger partial charge is 0.494 e. The van der Waals surface area contributed by atoms with Gasteiger partial charge in [-0.1, -0.05) is 25.1 Å². The maximum absolute atomic E-state index is 11.8. The molecule has 1 aromatic carbocycles. The molecular weight excluding hydrogens is 272 g/mol. The predicted molar refractivity (Wildman–Crippen MR) is 79.4 cm³/mol. The Morgan fingerprint density at radius 3 is 2.57 bits per heavy atom. The van der Waals surface area contributed by atoms with E-state index in [9.17, 15) is 9.59 Å². The van der Waals surface area contributed by atoms with Crippen LogP contribution in [-0.4, -0.2) is 48.2 Å². The molecule has 0 fully saturated rings. The van der Waals surface area contributed by atoms with Gasteiger partial charge in [0.1, 0.15) is 11.8 Å². The van der Waals surface area contributed by atoms with Crippen LogP contribution in [0, 0.1) is 0 Å². The molecule has 6 heteroatoms. The molecule has 0 saturated carbocycles. The maximum atomic E-state index is 11.8. The average molecular weight is 294 g/mol. The van der Waals surface area contributed by atoms with E-state index in [1.165, 1.54) is 11.9 Å². The number of hydrogen-bond acceptors (Lipinski definition) is 3. The molecule has 2 N–H and O–H groups in total. The van der Waals surface area contributed by atoms with Crippen molar-refractivity contribution in [2.75, 3.05) is 20.2 Å². The van der Waals surface area contributed by atoms with E-state index >= 15 is 0 Å². The van der Waals surface area contributed by atoms with Gasteiger partial charge in [-0.05, 0) is 25.0 Å². The second kappa shape index (κ2) is 8.84. The van der Waals surface area contributed by atoms with Crippen molar-refractivity contribution in [3.63, 3.8) is 0 Å². The highest BCUT2D eigenvalue weighted by Crippen LogP contribution is 2.08. The van der Waals surface area contributed by atoms with E-state index in [1.54, 1.807) is 6.92 Å². The lowest BCUT2D eigenvalue weighted by Gasteiger charge is -2.23. The first-order valence-corrected chi connectivity index (χ1v) is 6.97. The van der Waals surface area contributed by atoms with Crippen molar-refractivity contribution in [1.82, 2.24) is 10.2 Å². The van der Waals surface area contributed by atoms with Crippen LogP contribution < -0.4 is 10.1 Å². The number of nitrogens with zero attached hydrogens (tertiary/aromatic N) is 1. The Morgan fingerprint density at radius 1 is 1.33 bits per heavy atom. The third-order valence-corrected chi connectivity index (χ3v) is 3.07. The number of benzene rings is 1. The van der Waals surface area contributed by atoms with Gasteiger partial charge in [0.25, 0.3) is 0 Å². The van der Waals surface area contributed by atoms with E-state index in [2.05, 4.69) is 5.32 Å². The van der Waals surface area contributed by atoms with Crippen LogP contribution in [0.4, 0.5) is 4.79 Å². The van der Waals surface area contributed by atoms with Crippen molar-refractivity contribution in [2.45, 2.75) is 25.8 Å². The fourth-order valence-corrected chi connectivity index (χ4v) is 1.85. The first-order valence-electron chi connectivity index (χ1n) is 6.97. The SMILES string of the molecule is CCC(C(=O)O)N(C)C(=O)NCCCOc1ccccc1. The highest BCUT2D eigenvalue weighted by molar-refractivity contribution is 5.82. The summed E-state index contributed by atoms with van der Waals surface area (Å²) in [6.07, 6.45) is 1.02. The molecule has 0 aliphatic rings. The van der Waals surface area contributed by atoms with Gasteiger partial charge >= 0.3 is 12.0 Å². The van der Waals surface area contributed by atoms with E-state index in [-0.39, 0.29) is 6.03 Å². The van der Waals surface area contributed by atoms with E-state index in [4.69, 9.17) is 9.84 Å². The highest BCUT2D eigenvalue weighted by Gasteiger charge is 2.24. The number of likely N-dealkylation sites (N-methyl/N-ethyl adjacent to an activating group) is 1. The summed E-state index contributed by atoms with van der Waals surface area (Å²) in [5, 5.41) is 11.7. The quantitative estimate of drug-likeness (QED) is 0.718. The van der Waals surface area contributed by atoms with Gasteiger partial charge in [-0.25, -0.2) is 9.59 Å². The van der Waals surface area contributed by atoms with Crippen LogP contribution in [0.15, 0.2) is 30.3 Å². The fraction of sp³-hybridized carbons (Fsp3) is 0.467. The zero-order valence-electron chi connectivity index (χ0n) is 12.4. The van der Waals surface area contributed by atoms with Gasteiger partial charge < -0.3 is 20.1 Å². The number of ether oxygens (including phenoxy) is 1. The lowest BCUT2D eigenvalue weighted by Crippen LogP contribution is -2.47. The van der Waals surface area contributed by atoms with Crippen molar-refractivity contribution < 1.29 is 19.4 Å². The van der Waals surface area contributed by atoms with Gasteiger partial charge in [-0.3, -0.25) is 0 Å². The molecule has 21 heavy (non-hydrogen) atoms. The minimum atomic E-state index is -0.998. The minimum absolute atomic E-state index is 0.371. The van der Waals surface area contributed by atoms with Crippen LogP contribution in [0.25, 0.3) is 0 Å². The first kappa shape index (κ1) is 16.8. The molecule has 1 atom stereocenters. The van der Waals surface area contributed by atoms with Crippen molar-refractivity contribution in [3.05, 3.63) is 30.3 Å². The number of hydrogen-bond donors (Lipinski definition) is 2. The number of carboxylic acids is 1. The number of carboxylic acid groups (broad SMARTS) is 1. The normalized spacial score (nSPS) is 11.5. The van der Waals surface area contributed by atoms with Crippen molar-refractivity contribution in [1.29, 1.82) is 0 Å². The number of rotatable bonds is 8. The topological polar surface area (TPSA) is 78.9 Å². The Labute approximate surface area is 124 Å². The van der Waals surface area contributed by atoms with Crippen LogP contribution in [0.2, 0.25) is 0 Å². The van der Waals surface area contributed by atoms with E-state index < -0.39 is 12.0 Å². The Hall–Kier alpha value is -2.24. The molecule has 1 rings (SSSR count). The first-order chi connectivity index (χ1) is 10.1. The van der Waals surface area contributed by atoms with Crippen LogP contribution in [0.5, 0.6) is 5.75 Å². The number of carbonyl (C=O) groups excluding carboxylic acids is 1. The number of nitrogens with one attached hydrogen (secondary N) is 1. The molecule has 2 amide bonds. The Kier molecular flexibility index (Phi) is 7.08. The molecule has 1 aromatic rings. The molecule has 0 aromatic heterocycles. The monoisotopic (exact) mass is 294 g/mol. The zero-order chi connectivity index (χ0) is 15.7. The maximum Gasteiger partial charge on any atom is 0.326 e. The molecule has 6 nitrogen and oxygen atoms in total. The molecule has 0 bridgehead atoms. The standard InChI is InChI=1S/C15H22N2O4/c1-3-13(14(18)19)17(2)15(20)16-10-7-11-21-12-8-5-4-6-9-12/h4-6,8-9,13H,3,7,10-11H2,1-2H3,(H,16,20)(H,18,19). The summed E-state index contributed by atoms with van der Waals surface area (Å²) in [5.74, 6) is -0.208. The van der Waals surface area contributed by atoms with Crippen LogP contribution in [0.3, 0.4) is 0 Å². The molecule has 0 spiro atoms. The number of carbonyl (C=O) groups is 2. The second-order valence-corrected chi connectivity index (χ2v) is 4.62. The van der Waals surface area contributed by atoms with Crippen LogP contribution >= 0.6 is 0 Å². The summed E-state index contributed by atoms with van der Waals surface area (Å²) in [5.41, 5.74) is 0. The van der Waals surface area contributed by atoms with Crippen molar-refractivity contribution in [3.8, 4) is 5.75 Å². The molecule has 0 heterocycles. The highest BCUT2D eigenvalue weighted by atomic mass is 16.5. The third-order valence-electron chi connectivity index (χ3n) is 3.07. The van der Waals surface area contributed by atoms with Gasteiger partial charge in [0.15, 0.2) is 0 Å². The third kappa shape index (κ3) is 5.72. The van der Waals surface area contributed by atoms with Gasteiger partial charge in [-0.15, -0.1) is 0 Å². The number of aliphatic carboxylic acids is 1. The number of para-hydroxylation sites is 1. The number of urea groups is 1. The number of amides is 2. The van der Waals surface area contributed by atoms with Crippen molar-refractivity contribution >= 4 is 12.0 Å². The van der Waals surface area contributed by atoms with Crippen LogP contribution in [-0.2, 0) is 4.79 Å². The zero-order valence-corrected chi connectivity index (χ0v) is 12.4. The molecule has 0 radical (unpaired) electrons. The lowest BCUT2D eigenvalue weighted by atomic mass is 10.2. The predicted octanol–water partition coefficient (Wildman–Crippen LogP) is 1.96. The molecule has 0 saturated heterocycles. The summed E-state index contributed by atoms with van der Waals surface area (Å²) < 4.78 is 5.50. The second-order valence-electron chi connectivity index (χ2n) is 4.62. The summed E-state index contributed by atoms with van der Waals surface area (Å²) in [6.45, 7) is 2.66. The molecule has 116 valence electrons. The van der Waals surface area contributed by atoms with Gasteiger partial charge in [-0.2, -0.15) is 0 Å². The Balaban J connectivity index is 2.22. The van der Waals surface area contributed by atoms with Gasteiger partial charge in [0, 0.05) is 13.6 Å². The summed E-state index contributed by atoms with van der Waals surface area (Å²) >= 11 is 0. The van der Waals surface area contributed by atoms with E-state index in [0.29, 0.717) is 26.0 Å². The summed E-state index contributed by atoms with van der Waals surface area (Å²) in [7, 11) is 1.48. The van der Waals surface area contributed by atoms with Gasteiger partial charge in [0.2, 0.25) is 0 Å². The lowest BCUT2D eigenvalue weighted by molar-refractivity contribution is -0.141. The molecule has 1 unspecified atom stereocenters. The average Bonchev–Trinajstić information content (AvgIpc) is 2.48. The smallest absolute Gasteiger partial charge is 0.326 e. The fourth-order valence-electron chi connectivity index (χ4n) is 1.85. The van der Waals surface area contributed by atoms with E-state index in [1.807, 2.05) is 30.3 Å². The molecular formula is C15H22N2O4. The van der Waals surface area contributed by atoms with E-state index in [0.717, 1.165) is 5.75 Å². The summed E-state index contributed by atoms with van der Waals surface area (Å²) in [6, 6.07) is 8.24.